The Kier molecular flexibility index (Phi) is 4.37. The van der Waals surface area contributed by atoms with Gasteiger partial charge < -0.3 is 16.2 Å². The molecule has 1 atom stereocenters. The molecule has 1 heterocycles. The molecule has 84 valence electrons. The van der Waals surface area contributed by atoms with Crippen molar-refractivity contribution in [2.45, 2.75) is 32.7 Å². The second-order valence-electron chi connectivity index (χ2n) is 3.84. The first-order chi connectivity index (χ1) is 7.13. The normalized spacial score (nSPS) is 12.5. The Labute approximate surface area is 90.5 Å². The van der Waals surface area contributed by atoms with Crippen molar-refractivity contribution in [3.63, 3.8) is 0 Å². The van der Waals surface area contributed by atoms with Gasteiger partial charge in [-0.2, -0.15) is 0 Å². The molecule has 0 aliphatic carbocycles. The SMILES string of the molecule is Cc1cc(NC(C)CCCO)ncc1N. The van der Waals surface area contributed by atoms with Crippen molar-refractivity contribution in [1.82, 2.24) is 4.98 Å². The summed E-state index contributed by atoms with van der Waals surface area (Å²) in [5.41, 5.74) is 7.42. The van der Waals surface area contributed by atoms with Crippen molar-refractivity contribution in [3.05, 3.63) is 17.8 Å². The summed E-state index contributed by atoms with van der Waals surface area (Å²) in [4.78, 5) is 4.19. The minimum atomic E-state index is 0.236. The van der Waals surface area contributed by atoms with Gasteiger partial charge in [0, 0.05) is 12.6 Å². The number of aromatic nitrogens is 1. The van der Waals surface area contributed by atoms with E-state index in [2.05, 4.69) is 17.2 Å². The van der Waals surface area contributed by atoms with Crippen LogP contribution in [0.4, 0.5) is 11.5 Å². The first-order valence-electron chi connectivity index (χ1n) is 5.23. The van der Waals surface area contributed by atoms with Gasteiger partial charge in [0.25, 0.3) is 0 Å². The van der Waals surface area contributed by atoms with Crippen molar-refractivity contribution in [2.24, 2.45) is 0 Å². The monoisotopic (exact) mass is 209 g/mol. The van der Waals surface area contributed by atoms with Crippen molar-refractivity contribution < 1.29 is 5.11 Å². The van der Waals surface area contributed by atoms with Crippen LogP contribution in [0.1, 0.15) is 25.3 Å². The van der Waals surface area contributed by atoms with E-state index < -0.39 is 0 Å². The van der Waals surface area contributed by atoms with E-state index >= 15 is 0 Å². The quantitative estimate of drug-likeness (QED) is 0.688. The fourth-order valence-electron chi connectivity index (χ4n) is 1.37. The predicted octanol–water partition coefficient (Wildman–Crippen LogP) is 1.55. The summed E-state index contributed by atoms with van der Waals surface area (Å²) in [5.74, 6) is 0.840. The lowest BCUT2D eigenvalue weighted by Crippen LogP contribution is -2.16. The van der Waals surface area contributed by atoms with Gasteiger partial charge in [0.05, 0.1) is 11.9 Å². The Hall–Kier alpha value is -1.29. The van der Waals surface area contributed by atoms with E-state index in [9.17, 15) is 0 Å². The van der Waals surface area contributed by atoms with Crippen molar-refractivity contribution >= 4 is 11.5 Å². The predicted molar refractivity (Wildman–Crippen MR) is 62.8 cm³/mol. The third kappa shape index (κ3) is 3.75. The van der Waals surface area contributed by atoms with Crippen molar-refractivity contribution in [2.75, 3.05) is 17.7 Å². The molecule has 1 aromatic heterocycles. The highest BCUT2D eigenvalue weighted by atomic mass is 16.2. The second kappa shape index (κ2) is 5.56. The molecule has 0 amide bonds. The van der Waals surface area contributed by atoms with Crippen LogP contribution in [0.2, 0.25) is 0 Å². The van der Waals surface area contributed by atoms with Gasteiger partial charge in [0.1, 0.15) is 5.82 Å². The lowest BCUT2D eigenvalue weighted by atomic mass is 10.2. The molecule has 4 heteroatoms. The lowest BCUT2D eigenvalue weighted by Gasteiger charge is -2.14. The van der Waals surface area contributed by atoms with E-state index in [-0.39, 0.29) is 6.61 Å². The minimum absolute atomic E-state index is 0.236. The van der Waals surface area contributed by atoms with E-state index in [1.165, 1.54) is 0 Å². The van der Waals surface area contributed by atoms with Crippen LogP contribution >= 0.6 is 0 Å². The molecule has 4 N–H and O–H groups in total. The lowest BCUT2D eigenvalue weighted by molar-refractivity contribution is 0.282. The van der Waals surface area contributed by atoms with Crippen molar-refractivity contribution in [3.8, 4) is 0 Å². The molecule has 1 unspecified atom stereocenters. The number of hydrogen-bond donors (Lipinski definition) is 3. The summed E-state index contributed by atoms with van der Waals surface area (Å²) in [5, 5.41) is 12.0. The number of nitrogen functional groups attached to an aromatic ring is 1. The molecule has 0 saturated carbocycles. The zero-order valence-electron chi connectivity index (χ0n) is 9.33. The smallest absolute Gasteiger partial charge is 0.126 e. The number of anilines is 2. The molecular weight excluding hydrogens is 190 g/mol. The number of aliphatic hydroxyl groups is 1. The molecule has 1 aromatic rings. The standard InChI is InChI=1S/C11H19N3O/c1-8-6-11(13-7-10(8)12)14-9(2)4-3-5-15/h6-7,9,15H,3-5,12H2,1-2H3,(H,13,14). The summed E-state index contributed by atoms with van der Waals surface area (Å²) in [6.07, 6.45) is 3.40. The fourth-order valence-corrected chi connectivity index (χ4v) is 1.37. The molecule has 4 nitrogen and oxygen atoms in total. The van der Waals surface area contributed by atoms with Gasteiger partial charge in [-0.3, -0.25) is 0 Å². The van der Waals surface area contributed by atoms with Gasteiger partial charge in [0.2, 0.25) is 0 Å². The van der Waals surface area contributed by atoms with Gasteiger partial charge in [0.15, 0.2) is 0 Å². The summed E-state index contributed by atoms with van der Waals surface area (Å²) < 4.78 is 0. The number of aryl methyl sites for hydroxylation is 1. The number of hydrogen-bond acceptors (Lipinski definition) is 4. The van der Waals surface area contributed by atoms with Gasteiger partial charge in [-0.25, -0.2) is 4.98 Å². The van der Waals surface area contributed by atoms with Crippen LogP contribution in [0, 0.1) is 6.92 Å². The van der Waals surface area contributed by atoms with E-state index in [0.29, 0.717) is 11.7 Å². The van der Waals surface area contributed by atoms with E-state index in [1.807, 2.05) is 13.0 Å². The maximum Gasteiger partial charge on any atom is 0.126 e. The minimum Gasteiger partial charge on any atom is -0.397 e. The maximum absolute atomic E-state index is 8.70. The highest BCUT2D eigenvalue weighted by Crippen LogP contribution is 2.14. The van der Waals surface area contributed by atoms with Gasteiger partial charge >= 0.3 is 0 Å². The number of aliphatic hydroxyl groups excluding tert-OH is 1. The number of nitrogens with two attached hydrogens (primary N) is 1. The van der Waals surface area contributed by atoms with Crippen LogP contribution in [0.5, 0.6) is 0 Å². The summed E-state index contributed by atoms with van der Waals surface area (Å²) in [7, 11) is 0. The topological polar surface area (TPSA) is 71.2 Å². The van der Waals surface area contributed by atoms with E-state index in [0.717, 1.165) is 24.2 Å². The molecule has 0 spiro atoms. The van der Waals surface area contributed by atoms with Crippen LogP contribution in [-0.2, 0) is 0 Å². The molecule has 0 radical (unpaired) electrons. The number of pyridine rings is 1. The Balaban J connectivity index is 2.53. The third-order valence-electron chi connectivity index (χ3n) is 2.34. The Morgan fingerprint density at radius 1 is 1.60 bits per heavy atom. The van der Waals surface area contributed by atoms with E-state index in [4.69, 9.17) is 10.8 Å². The molecule has 0 aromatic carbocycles. The summed E-state index contributed by atoms with van der Waals surface area (Å²) in [6.45, 7) is 4.27. The third-order valence-corrected chi connectivity index (χ3v) is 2.34. The van der Waals surface area contributed by atoms with Crippen LogP contribution in [0.3, 0.4) is 0 Å². The van der Waals surface area contributed by atoms with Gasteiger partial charge in [-0.05, 0) is 38.3 Å². The average molecular weight is 209 g/mol. The summed E-state index contributed by atoms with van der Waals surface area (Å²) in [6, 6.07) is 2.25. The fraction of sp³-hybridized carbons (Fsp3) is 0.545. The van der Waals surface area contributed by atoms with Crippen LogP contribution in [0.25, 0.3) is 0 Å². The Morgan fingerprint density at radius 2 is 2.33 bits per heavy atom. The van der Waals surface area contributed by atoms with Crippen LogP contribution in [-0.4, -0.2) is 22.7 Å². The first-order valence-corrected chi connectivity index (χ1v) is 5.23. The summed E-state index contributed by atoms with van der Waals surface area (Å²) >= 11 is 0. The average Bonchev–Trinajstić information content (AvgIpc) is 2.20. The zero-order chi connectivity index (χ0) is 11.3. The van der Waals surface area contributed by atoms with Crippen LogP contribution in [0.15, 0.2) is 12.3 Å². The molecule has 1 rings (SSSR count). The Morgan fingerprint density at radius 3 is 2.93 bits per heavy atom. The van der Waals surface area contributed by atoms with Gasteiger partial charge in [-0.1, -0.05) is 0 Å². The second-order valence-corrected chi connectivity index (χ2v) is 3.84. The molecule has 0 aliphatic heterocycles. The maximum atomic E-state index is 8.70. The largest absolute Gasteiger partial charge is 0.397 e. The Bertz CT molecular complexity index is 315. The highest BCUT2D eigenvalue weighted by Gasteiger charge is 2.03. The number of rotatable bonds is 5. The van der Waals surface area contributed by atoms with E-state index in [1.54, 1.807) is 6.20 Å². The molecule has 0 fully saturated rings. The number of nitrogens with one attached hydrogen (secondary N) is 1. The highest BCUT2D eigenvalue weighted by molar-refractivity contribution is 5.51. The molecular formula is C11H19N3O. The molecule has 15 heavy (non-hydrogen) atoms. The first kappa shape index (κ1) is 11.8. The molecule has 0 bridgehead atoms. The van der Waals surface area contributed by atoms with Crippen LogP contribution < -0.4 is 11.1 Å². The van der Waals surface area contributed by atoms with Gasteiger partial charge in [-0.15, -0.1) is 0 Å². The van der Waals surface area contributed by atoms with Crippen molar-refractivity contribution in [1.29, 1.82) is 0 Å². The zero-order valence-corrected chi connectivity index (χ0v) is 9.33. The molecule has 0 saturated heterocycles. The number of nitrogens with zero attached hydrogens (tertiary/aromatic N) is 1. The molecule has 0 aliphatic rings.